The maximum Gasteiger partial charge on any atom is 0.316 e. The van der Waals surface area contributed by atoms with Gasteiger partial charge in [0, 0.05) is 6.07 Å². The Morgan fingerprint density at radius 1 is 1.36 bits per heavy atom. The molecule has 0 unspecified atom stereocenters. The molecule has 1 aliphatic carbocycles. The van der Waals surface area contributed by atoms with Gasteiger partial charge in [-0.1, -0.05) is 30.1 Å². The van der Waals surface area contributed by atoms with Crippen LogP contribution in [0.4, 0.5) is 4.39 Å². The first-order valence-corrected chi connectivity index (χ1v) is 7.46. The van der Waals surface area contributed by atoms with Gasteiger partial charge in [-0.15, -0.1) is 0 Å². The summed E-state index contributed by atoms with van der Waals surface area (Å²) in [4.78, 5) is 12.7. The lowest BCUT2D eigenvalue weighted by atomic mass is 9.79. The first-order valence-electron chi connectivity index (χ1n) is 7.46. The largest absolute Gasteiger partial charge is 0.458 e. The van der Waals surface area contributed by atoms with Crippen molar-refractivity contribution in [1.29, 1.82) is 0 Å². The van der Waals surface area contributed by atoms with E-state index in [1.54, 1.807) is 25.1 Å². The molecule has 2 aromatic rings. The fourth-order valence-electron chi connectivity index (χ4n) is 3.14. The molecule has 0 amide bonds. The van der Waals surface area contributed by atoms with Gasteiger partial charge in [-0.2, -0.15) is 0 Å². The number of rotatable bonds is 4. The molecule has 3 rings (SSSR count). The molecule has 0 bridgehead atoms. The Labute approximate surface area is 128 Å². The summed E-state index contributed by atoms with van der Waals surface area (Å²) in [5, 5.41) is 3.81. The maximum atomic E-state index is 13.5. The number of aryl methyl sites for hydroxylation is 1. The van der Waals surface area contributed by atoms with E-state index in [-0.39, 0.29) is 18.4 Å². The van der Waals surface area contributed by atoms with E-state index in [2.05, 4.69) is 5.16 Å². The van der Waals surface area contributed by atoms with Crippen molar-refractivity contribution >= 4 is 5.97 Å². The second kappa shape index (κ2) is 5.91. The van der Waals surface area contributed by atoms with Gasteiger partial charge in [-0.25, -0.2) is 4.39 Å². The van der Waals surface area contributed by atoms with Crippen molar-refractivity contribution in [1.82, 2.24) is 5.16 Å². The lowest BCUT2D eigenvalue weighted by Crippen LogP contribution is -2.34. The smallest absolute Gasteiger partial charge is 0.316 e. The SMILES string of the molecule is Cc1cc(COC(=O)C2(c3cccc(F)c3)CCCC2)no1. The molecule has 0 spiro atoms. The highest BCUT2D eigenvalue weighted by Crippen LogP contribution is 2.42. The van der Waals surface area contributed by atoms with Crippen LogP contribution in [0.15, 0.2) is 34.9 Å². The summed E-state index contributed by atoms with van der Waals surface area (Å²) in [5.41, 5.74) is 0.547. The number of hydrogen-bond acceptors (Lipinski definition) is 4. The number of esters is 1. The minimum atomic E-state index is -0.735. The van der Waals surface area contributed by atoms with E-state index in [1.807, 2.05) is 0 Å². The topological polar surface area (TPSA) is 52.3 Å². The van der Waals surface area contributed by atoms with Crippen LogP contribution in [-0.2, 0) is 21.6 Å². The van der Waals surface area contributed by atoms with Gasteiger partial charge in [0.2, 0.25) is 0 Å². The van der Waals surface area contributed by atoms with Gasteiger partial charge >= 0.3 is 5.97 Å². The van der Waals surface area contributed by atoms with Gasteiger partial charge in [0.05, 0.1) is 5.41 Å². The molecule has 5 heteroatoms. The van der Waals surface area contributed by atoms with Crippen LogP contribution in [0, 0.1) is 12.7 Å². The Balaban J connectivity index is 1.79. The summed E-state index contributed by atoms with van der Waals surface area (Å²) in [7, 11) is 0. The van der Waals surface area contributed by atoms with E-state index in [0.717, 1.165) is 12.8 Å². The molecular weight excluding hydrogens is 285 g/mol. The molecule has 0 radical (unpaired) electrons. The average molecular weight is 303 g/mol. The zero-order chi connectivity index (χ0) is 15.6. The number of halogens is 1. The number of carbonyl (C=O) groups is 1. The number of ether oxygens (including phenoxy) is 1. The first-order chi connectivity index (χ1) is 10.6. The van der Waals surface area contributed by atoms with Gasteiger partial charge in [0.1, 0.15) is 23.9 Å². The lowest BCUT2D eigenvalue weighted by molar-refractivity contribution is -0.152. The van der Waals surface area contributed by atoms with Crippen LogP contribution in [0.5, 0.6) is 0 Å². The van der Waals surface area contributed by atoms with Crippen molar-refractivity contribution < 1.29 is 18.4 Å². The highest BCUT2D eigenvalue weighted by molar-refractivity contribution is 5.83. The minimum absolute atomic E-state index is 0.0766. The molecule has 1 fully saturated rings. The average Bonchev–Trinajstić information content (AvgIpc) is 3.14. The highest BCUT2D eigenvalue weighted by Gasteiger charge is 2.44. The molecule has 1 aromatic heterocycles. The van der Waals surface area contributed by atoms with Crippen molar-refractivity contribution in [2.24, 2.45) is 0 Å². The minimum Gasteiger partial charge on any atom is -0.458 e. The van der Waals surface area contributed by atoms with Gasteiger partial charge in [-0.05, 0) is 37.5 Å². The third kappa shape index (κ3) is 2.75. The van der Waals surface area contributed by atoms with Crippen molar-refractivity contribution in [3.8, 4) is 0 Å². The predicted octanol–water partition coefficient (Wildman–Crippen LogP) is 3.68. The van der Waals surface area contributed by atoms with Crippen molar-refractivity contribution in [2.75, 3.05) is 0 Å². The van der Waals surface area contributed by atoms with Crippen molar-refractivity contribution in [3.05, 3.63) is 53.2 Å². The van der Waals surface area contributed by atoms with E-state index in [9.17, 15) is 9.18 Å². The number of nitrogens with zero attached hydrogens (tertiary/aromatic N) is 1. The summed E-state index contributed by atoms with van der Waals surface area (Å²) >= 11 is 0. The Morgan fingerprint density at radius 3 is 2.77 bits per heavy atom. The molecule has 1 aromatic carbocycles. The summed E-state index contributed by atoms with van der Waals surface area (Å²) in [6, 6.07) is 7.99. The zero-order valence-electron chi connectivity index (χ0n) is 12.5. The van der Waals surface area contributed by atoms with E-state index in [4.69, 9.17) is 9.26 Å². The fraction of sp³-hybridized carbons (Fsp3) is 0.412. The molecule has 116 valence electrons. The maximum absolute atomic E-state index is 13.5. The second-order valence-electron chi connectivity index (χ2n) is 5.80. The van der Waals surface area contributed by atoms with E-state index in [0.29, 0.717) is 29.9 Å². The van der Waals surface area contributed by atoms with Crippen LogP contribution in [0.1, 0.15) is 42.7 Å². The quantitative estimate of drug-likeness (QED) is 0.809. The molecule has 1 aliphatic rings. The van der Waals surface area contributed by atoms with E-state index >= 15 is 0 Å². The first kappa shape index (κ1) is 14.8. The van der Waals surface area contributed by atoms with Crippen LogP contribution in [0.3, 0.4) is 0 Å². The Bertz CT molecular complexity index is 674. The zero-order valence-corrected chi connectivity index (χ0v) is 12.5. The normalized spacial score (nSPS) is 16.6. The molecule has 4 nitrogen and oxygen atoms in total. The summed E-state index contributed by atoms with van der Waals surface area (Å²) in [6.45, 7) is 1.86. The molecular formula is C17H18FNO3. The summed E-state index contributed by atoms with van der Waals surface area (Å²) in [6.07, 6.45) is 3.25. The molecule has 0 aliphatic heterocycles. The number of hydrogen-bond donors (Lipinski definition) is 0. The second-order valence-corrected chi connectivity index (χ2v) is 5.80. The number of aromatic nitrogens is 1. The Hall–Kier alpha value is -2.17. The van der Waals surface area contributed by atoms with Gasteiger partial charge in [0.15, 0.2) is 0 Å². The monoisotopic (exact) mass is 303 g/mol. The third-order valence-electron chi connectivity index (χ3n) is 4.25. The fourth-order valence-corrected chi connectivity index (χ4v) is 3.14. The molecule has 0 atom stereocenters. The number of carbonyl (C=O) groups excluding carboxylic acids is 1. The summed E-state index contributed by atoms with van der Waals surface area (Å²) in [5.74, 6) is 0.0340. The number of benzene rings is 1. The summed E-state index contributed by atoms with van der Waals surface area (Å²) < 4.78 is 23.9. The van der Waals surface area contributed by atoms with E-state index in [1.165, 1.54) is 12.1 Å². The molecule has 0 saturated heterocycles. The standard InChI is InChI=1S/C17H18FNO3/c1-12-9-15(19-22-12)11-21-16(20)17(7-2-3-8-17)13-5-4-6-14(18)10-13/h4-6,9-10H,2-3,7-8,11H2,1H3. The Morgan fingerprint density at radius 2 is 2.14 bits per heavy atom. The van der Waals surface area contributed by atoms with Gasteiger partial charge in [0.25, 0.3) is 0 Å². The van der Waals surface area contributed by atoms with Crippen molar-refractivity contribution in [3.63, 3.8) is 0 Å². The van der Waals surface area contributed by atoms with Crippen molar-refractivity contribution in [2.45, 2.75) is 44.6 Å². The highest BCUT2D eigenvalue weighted by atomic mass is 19.1. The van der Waals surface area contributed by atoms with Crippen LogP contribution in [0.2, 0.25) is 0 Å². The Kier molecular flexibility index (Phi) is 3.96. The predicted molar refractivity (Wildman–Crippen MR) is 77.6 cm³/mol. The van der Waals surface area contributed by atoms with E-state index < -0.39 is 5.41 Å². The molecule has 0 N–H and O–H groups in total. The van der Waals surface area contributed by atoms with Crippen LogP contribution >= 0.6 is 0 Å². The van der Waals surface area contributed by atoms with Crippen LogP contribution < -0.4 is 0 Å². The van der Waals surface area contributed by atoms with Gasteiger partial charge < -0.3 is 9.26 Å². The van der Waals surface area contributed by atoms with Crippen LogP contribution in [-0.4, -0.2) is 11.1 Å². The molecule has 1 heterocycles. The molecule has 22 heavy (non-hydrogen) atoms. The lowest BCUT2D eigenvalue weighted by Gasteiger charge is -2.27. The van der Waals surface area contributed by atoms with Crippen LogP contribution in [0.25, 0.3) is 0 Å². The molecule has 1 saturated carbocycles. The van der Waals surface area contributed by atoms with Gasteiger partial charge in [-0.3, -0.25) is 4.79 Å². The third-order valence-corrected chi connectivity index (χ3v) is 4.25.